The smallest absolute Gasteiger partial charge is 0.243 e. The first kappa shape index (κ1) is 11.2. The van der Waals surface area contributed by atoms with Crippen LogP contribution in [0.3, 0.4) is 0 Å². The van der Waals surface area contributed by atoms with Crippen LogP contribution in [-0.2, 0) is 9.59 Å². The first-order valence-electron chi connectivity index (χ1n) is 5.26. The number of imide groups is 1. The summed E-state index contributed by atoms with van der Waals surface area (Å²) in [6.07, 6.45) is 2.17. The largest absolute Gasteiger partial charge is 0.295 e. The van der Waals surface area contributed by atoms with Gasteiger partial charge in [0.15, 0.2) is 0 Å². The minimum atomic E-state index is -0.140. The summed E-state index contributed by atoms with van der Waals surface area (Å²) in [7, 11) is 0. The molecule has 1 rings (SSSR count). The number of amides is 2. The molecule has 0 radical (unpaired) electrons. The van der Waals surface area contributed by atoms with E-state index in [0.29, 0.717) is 12.8 Å². The van der Waals surface area contributed by atoms with E-state index in [0.717, 1.165) is 19.5 Å². The zero-order valence-electron chi connectivity index (χ0n) is 8.88. The van der Waals surface area contributed by atoms with Gasteiger partial charge in [0.1, 0.15) is 0 Å². The number of carbonyl (C=O) groups is 2. The van der Waals surface area contributed by atoms with E-state index in [2.05, 4.69) is 17.1 Å². The lowest BCUT2D eigenvalue weighted by atomic mass is 10.0. The average Bonchev–Trinajstić information content (AvgIpc) is 2.15. The third-order valence-electron chi connectivity index (χ3n) is 2.57. The quantitative estimate of drug-likeness (QED) is 0.670. The fraction of sp³-hybridized carbons (Fsp3) is 0.800. The second kappa shape index (κ2) is 5.10. The van der Waals surface area contributed by atoms with Gasteiger partial charge in [-0.05, 0) is 25.9 Å². The number of nitrogens with one attached hydrogen (secondary N) is 1. The Bertz CT molecular complexity index is 228. The number of nitrogens with zero attached hydrogens (tertiary/aromatic N) is 1. The molecule has 1 atom stereocenters. The number of piperidine rings is 1. The van der Waals surface area contributed by atoms with E-state index in [9.17, 15) is 9.59 Å². The predicted molar refractivity (Wildman–Crippen MR) is 53.7 cm³/mol. The first-order valence-corrected chi connectivity index (χ1v) is 5.26. The molecule has 2 amide bonds. The molecule has 0 saturated carbocycles. The Morgan fingerprint density at radius 3 is 2.64 bits per heavy atom. The molecule has 80 valence electrons. The zero-order chi connectivity index (χ0) is 10.6. The van der Waals surface area contributed by atoms with Gasteiger partial charge in [-0.25, -0.2) is 0 Å². The Morgan fingerprint density at radius 1 is 1.43 bits per heavy atom. The zero-order valence-corrected chi connectivity index (χ0v) is 8.88. The predicted octanol–water partition coefficient (Wildman–Crippen LogP) is 0.523. The van der Waals surface area contributed by atoms with Crippen LogP contribution in [0, 0.1) is 0 Å². The molecule has 4 nitrogen and oxygen atoms in total. The normalized spacial score (nSPS) is 22.6. The average molecular weight is 198 g/mol. The van der Waals surface area contributed by atoms with Crippen molar-refractivity contribution in [1.29, 1.82) is 0 Å². The minimum absolute atomic E-state index is 0.0994. The standard InChI is InChI=1S/C10H18N2O2/c1-3-7-12(4-2)8-5-6-9(13)11-10(8)14/h8H,3-7H2,1-2H3,(H,11,13,14). The van der Waals surface area contributed by atoms with Crippen molar-refractivity contribution in [3.63, 3.8) is 0 Å². The van der Waals surface area contributed by atoms with Crippen LogP contribution in [0.1, 0.15) is 33.1 Å². The van der Waals surface area contributed by atoms with Crippen LogP contribution >= 0.6 is 0 Å². The highest BCUT2D eigenvalue weighted by molar-refractivity contribution is 6.00. The van der Waals surface area contributed by atoms with Gasteiger partial charge in [0.05, 0.1) is 6.04 Å². The molecule has 14 heavy (non-hydrogen) atoms. The van der Waals surface area contributed by atoms with Crippen molar-refractivity contribution in [3.05, 3.63) is 0 Å². The maximum absolute atomic E-state index is 11.5. The molecule has 4 heteroatoms. The van der Waals surface area contributed by atoms with Crippen molar-refractivity contribution in [2.45, 2.75) is 39.2 Å². The number of carbonyl (C=O) groups excluding carboxylic acids is 2. The van der Waals surface area contributed by atoms with E-state index in [1.165, 1.54) is 0 Å². The van der Waals surface area contributed by atoms with Crippen molar-refractivity contribution in [2.75, 3.05) is 13.1 Å². The molecule has 0 spiro atoms. The summed E-state index contributed by atoms with van der Waals surface area (Å²) in [6, 6.07) is -0.0994. The second-order valence-corrected chi connectivity index (χ2v) is 3.60. The number of rotatable bonds is 4. The van der Waals surface area contributed by atoms with Crippen LogP contribution in [0.4, 0.5) is 0 Å². The van der Waals surface area contributed by atoms with Crippen molar-refractivity contribution in [3.8, 4) is 0 Å². The highest BCUT2D eigenvalue weighted by Gasteiger charge is 2.30. The Balaban J connectivity index is 2.57. The van der Waals surface area contributed by atoms with Gasteiger partial charge in [-0.1, -0.05) is 13.8 Å². The maximum atomic E-state index is 11.5. The van der Waals surface area contributed by atoms with Crippen molar-refractivity contribution in [2.24, 2.45) is 0 Å². The lowest BCUT2D eigenvalue weighted by Crippen LogP contribution is -2.52. The lowest BCUT2D eigenvalue weighted by Gasteiger charge is -2.31. The van der Waals surface area contributed by atoms with E-state index in [1.54, 1.807) is 0 Å². The molecule has 1 saturated heterocycles. The Labute approximate surface area is 84.7 Å². The van der Waals surface area contributed by atoms with E-state index in [1.807, 2.05) is 6.92 Å². The fourth-order valence-corrected chi connectivity index (χ4v) is 1.85. The summed E-state index contributed by atoms with van der Waals surface area (Å²) in [5, 5.41) is 2.38. The van der Waals surface area contributed by atoms with Crippen LogP contribution in [0.5, 0.6) is 0 Å². The molecule has 0 aromatic heterocycles. The monoisotopic (exact) mass is 198 g/mol. The Hall–Kier alpha value is -0.900. The topological polar surface area (TPSA) is 49.4 Å². The molecule has 1 N–H and O–H groups in total. The van der Waals surface area contributed by atoms with Crippen LogP contribution in [-0.4, -0.2) is 35.8 Å². The van der Waals surface area contributed by atoms with E-state index >= 15 is 0 Å². The number of hydrogen-bond donors (Lipinski definition) is 1. The molecule has 1 fully saturated rings. The summed E-state index contributed by atoms with van der Waals surface area (Å²) in [6.45, 7) is 5.91. The maximum Gasteiger partial charge on any atom is 0.243 e. The number of likely N-dealkylation sites (N-methyl/N-ethyl adjacent to an activating group) is 1. The fourth-order valence-electron chi connectivity index (χ4n) is 1.85. The van der Waals surface area contributed by atoms with Gasteiger partial charge >= 0.3 is 0 Å². The molecule has 1 unspecified atom stereocenters. The van der Waals surface area contributed by atoms with Crippen LogP contribution in [0.15, 0.2) is 0 Å². The summed E-state index contributed by atoms with van der Waals surface area (Å²) in [4.78, 5) is 24.6. The Kier molecular flexibility index (Phi) is 4.07. The summed E-state index contributed by atoms with van der Waals surface area (Å²) in [5.41, 5.74) is 0. The summed E-state index contributed by atoms with van der Waals surface area (Å²) >= 11 is 0. The minimum Gasteiger partial charge on any atom is -0.295 e. The van der Waals surface area contributed by atoms with Crippen molar-refractivity contribution >= 4 is 11.8 Å². The van der Waals surface area contributed by atoms with Crippen LogP contribution in [0.2, 0.25) is 0 Å². The molecule has 0 bridgehead atoms. The molecule has 1 aliphatic rings. The lowest BCUT2D eigenvalue weighted by molar-refractivity contribution is -0.137. The molecule has 1 aliphatic heterocycles. The van der Waals surface area contributed by atoms with Crippen molar-refractivity contribution in [1.82, 2.24) is 10.2 Å². The van der Waals surface area contributed by atoms with Crippen LogP contribution < -0.4 is 5.32 Å². The summed E-state index contributed by atoms with van der Waals surface area (Å²) < 4.78 is 0. The molecule has 0 aliphatic carbocycles. The van der Waals surface area contributed by atoms with Gasteiger partial charge in [-0.15, -0.1) is 0 Å². The molecule has 0 aromatic rings. The first-order chi connectivity index (χ1) is 6.69. The SMILES string of the molecule is CCCN(CC)C1CCC(=O)NC1=O. The van der Waals surface area contributed by atoms with E-state index < -0.39 is 0 Å². The van der Waals surface area contributed by atoms with Crippen LogP contribution in [0.25, 0.3) is 0 Å². The van der Waals surface area contributed by atoms with Gasteiger partial charge in [-0.3, -0.25) is 19.8 Å². The van der Waals surface area contributed by atoms with Crippen molar-refractivity contribution < 1.29 is 9.59 Å². The van der Waals surface area contributed by atoms with E-state index in [-0.39, 0.29) is 17.9 Å². The highest BCUT2D eigenvalue weighted by atomic mass is 16.2. The Morgan fingerprint density at radius 2 is 2.14 bits per heavy atom. The molecule has 1 heterocycles. The third kappa shape index (κ3) is 2.54. The number of hydrogen-bond acceptors (Lipinski definition) is 3. The highest BCUT2D eigenvalue weighted by Crippen LogP contribution is 2.12. The van der Waals surface area contributed by atoms with Gasteiger partial charge in [0.25, 0.3) is 0 Å². The van der Waals surface area contributed by atoms with Gasteiger partial charge < -0.3 is 0 Å². The van der Waals surface area contributed by atoms with E-state index in [4.69, 9.17) is 0 Å². The molecular formula is C10H18N2O2. The van der Waals surface area contributed by atoms with Gasteiger partial charge in [-0.2, -0.15) is 0 Å². The van der Waals surface area contributed by atoms with Gasteiger partial charge in [0.2, 0.25) is 11.8 Å². The second-order valence-electron chi connectivity index (χ2n) is 3.60. The summed E-state index contributed by atoms with van der Waals surface area (Å²) in [5.74, 6) is -0.268. The molecule has 0 aromatic carbocycles. The molecular weight excluding hydrogens is 180 g/mol. The van der Waals surface area contributed by atoms with Gasteiger partial charge in [0, 0.05) is 6.42 Å². The third-order valence-corrected chi connectivity index (χ3v) is 2.57.